The van der Waals surface area contributed by atoms with Crippen LogP contribution in [0, 0.1) is 0 Å². The quantitative estimate of drug-likeness (QED) is 0.487. The third kappa shape index (κ3) is 2.47. The summed E-state index contributed by atoms with van der Waals surface area (Å²) in [5, 5.41) is 9.09. The van der Waals surface area contributed by atoms with E-state index in [-0.39, 0.29) is 6.10 Å². The molecule has 1 aliphatic rings. The van der Waals surface area contributed by atoms with Gasteiger partial charge in [-0.3, -0.25) is 0 Å². The minimum atomic E-state index is -0.213. The van der Waals surface area contributed by atoms with Gasteiger partial charge in [-0.25, -0.2) is 0 Å². The molecule has 1 nitrogen and oxygen atoms in total. The molecule has 0 aromatic rings. The van der Waals surface area contributed by atoms with E-state index in [0.717, 1.165) is 19.3 Å². The Morgan fingerprint density at radius 2 is 2.11 bits per heavy atom. The lowest BCUT2D eigenvalue weighted by molar-refractivity contribution is 0.213. The average molecular weight is 124 g/mol. The third-order valence-electron chi connectivity index (χ3n) is 1.43. The molecule has 1 heteroatoms. The summed E-state index contributed by atoms with van der Waals surface area (Å²) < 4.78 is 0. The normalized spacial score (nSPS) is 31.0. The van der Waals surface area contributed by atoms with Crippen LogP contribution in [0.2, 0.25) is 0 Å². The molecule has 1 aliphatic carbocycles. The Morgan fingerprint density at radius 1 is 1.22 bits per heavy atom. The van der Waals surface area contributed by atoms with Gasteiger partial charge in [0.2, 0.25) is 0 Å². The van der Waals surface area contributed by atoms with Crippen molar-refractivity contribution in [3.63, 3.8) is 0 Å². The first-order valence-corrected chi connectivity index (χ1v) is 3.39. The number of aliphatic hydroxyl groups is 1. The summed E-state index contributed by atoms with van der Waals surface area (Å²) in [7, 11) is 0. The van der Waals surface area contributed by atoms with Crippen LogP contribution in [0.25, 0.3) is 0 Å². The van der Waals surface area contributed by atoms with Crippen LogP contribution in [-0.2, 0) is 0 Å². The van der Waals surface area contributed by atoms with Crippen LogP contribution in [0.15, 0.2) is 24.3 Å². The molecule has 0 heterocycles. The molecule has 0 bridgehead atoms. The van der Waals surface area contributed by atoms with Crippen LogP contribution in [-0.4, -0.2) is 11.2 Å². The lowest BCUT2D eigenvalue weighted by atomic mass is 10.1. The van der Waals surface area contributed by atoms with Crippen molar-refractivity contribution in [3.8, 4) is 0 Å². The Bertz CT molecular complexity index is 125. The van der Waals surface area contributed by atoms with Gasteiger partial charge in [-0.05, 0) is 19.3 Å². The standard InChI is InChI=1S/C8H12O/c9-8-6-4-2-1-3-5-7-8/h1-2,5,7-9H,3-4,6H2/b2-1-,7-5?/t8-/m1/s1. The van der Waals surface area contributed by atoms with Gasteiger partial charge in [-0.15, -0.1) is 0 Å². The van der Waals surface area contributed by atoms with Crippen molar-refractivity contribution in [2.45, 2.75) is 25.4 Å². The van der Waals surface area contributed by atoms with Crippen molar-refractivity contribution in [1.82, 2.24) is 0 Å². The van der Waals surface area contributed by atoms with Gasteiger partial charge >= 0.3 is 0 Å². The Kier molecular flexibility index (Phi) is 2.52. The minimum absolute atomic E-state index is 0.213. The van der Waals surface area contributed by atoms with Crippen molar-refractivity contribution in [2.75, 3.05) is 0 Å². The molecule has 0 spiro atoms. The zero-order valence-corrected chi connectivity index (χ0v) is 5.46. The topological polar surface area (TPSA) is 20.2 Å². The van der Waals surface area contributed by atoms with E-state index in [2.05, 4.69) is 12.2 Å². The summed E-state index contributed by atoms with van der Waals surface area (Å²) in [6.45, 7) is 0. The highest BCUT2D eigenvalue weighted by atomic mass is 16.3. The van der Waals surface area contributed by atoms with Crippen molar-refractivity contribution < 1.29 is 5.11 Å². The first kappa shape index (κ1) is 6.56. The lowest BCUT2D eigenvalue weighted by Crippen LogP contribution is -2.01. The fourth-order valence-electron chi connectivity index (χ4n) is 0.892. The number of hydrogen-bond donors (Lipinski definition) is 1. The Morgan fingerprint density at radius 3 is 3.00 bits per heavy atom. The summed E-state index contributed by atoms with van der Waals surface area (Å²) >= 11 is 0. The number of rotatable bonds is 0. The molecule has 1 rings (SSSR count). The highest BCUT2D eigenvalue weighted by Crippen LogP contribution is 2.04. The van der Waals surface area contributed by atoms with Crippen LogP contribution in [0.1, 0.15) is 19.3 Å². The van der Waals surface area contributed by atoms with Crippen molar-refractivity contribution in [2.24, 2.45) is 0 Å². The van der Waals surface area contributed by atoms with E-state index in [1.165, 1.54) is 0 Å². The van der Waals surface area contributed by atoms with Crippen LogP contribution >= 0.6 is 0 Å². The number of allylic oxidation sites excluding steroid dienone is 3. The maximum absolute atomic E-state index is 9.09. The fraction of sp³-hybridized carbons (Fsp3) is 0.500. The van der Waals surface area contributed by atoms with Crippen molar-refractivity contribution in [3.05, 3.63) is 24.3 Å². The molecule has 50 valence electrons. The summed E-state index contributed by atoms with van der Waals surface area (Å²) in [5.74, 6) is 0. The van der Waals surface area contributed by atoms with Crippen LogP contribution in [0.3, 0.4) is 0 Å². The molecule has 0 unspecified atom stereocenters. The smallest absolute Gasteiger partial charge is 0.0724 e. The highest BCUT2D eigenvalue weighted by molar-refractivity contribution is 4.99. The molecule has 0 amide bonds. The second-order valence-electron chi connectivity index (χ2n) is 2.28. The molecular weight excluding hydrogens is 112 g/mol. The zero-order chi connectivity index (χ0) is 6.53. The Labute approximate surface area is 55.7 Å². The largest absolute Gasteiger partial charge is 0.389 e. The van der Waals surface area contributed by atoms with Gasteiger partial charge < -0.3 is 5.11 Å². The van der Waals surface area contributed by atoms with E-state index >= 15 is 0 Å². The fourth-order valence-corrected chi connectivity index (χ4v) is 0.892. The van der Waals surface area contributed by atoms with E-state index in [9.17, 15) is 0 Å². The average Bonchev–Trinajstić information content (AvgIpc) is 1.79. The lowest BCUT2D eigenvalue weighted by Gasteiger charge is -2.03. The van der Waals surface area contributed by atoms with Gasteiger partial charge in [0.15, 0.2) is 0 Å². The van der Waals surface area contributed by atoms with Crippen LogP contribution in [0.4, 0.5) is 0 Å². The molecule has 9 heavy (non-hydrogen) atoms. The van der Waals surface area contributed by atoms with Gasteiger partial charge in [0.05, 0.1) is 6.10 Å². The molecule has 0 saturated heterocycles. The van der Waals surface area contributed by atoms with E-state index in [1.54, 1.807) is 0 Å². The minimum Gasteiger partial charge on any atom is -0.389 e. The SMILES string of the molecule is O[C@H]1C=CC/C=C\CC1. The molecule has 0 aliphatic heterocycles. The predicted octanol–water partition coefficient (Wildman–Crippen LogP) is 1.64. The van der Waals surface area contributed by atoms with Gasteiger partial charge in [0, 0.05) is 0 Å². The van der Waals surface area contributed by atoms with E-state index in [4.69, 9.17) is 5.11 Å². The first-order chi connectivity index (χ1) is 4.39. The maximum Gasteiger partial charge on any atom is 0.0724 e. The summed E-state index contributed by atoms with van der Waals surface area (Å²) in [6.07, 6.45) is 10.7. The highest BCUT2D eigenvalue weighted by Gasteiger charge is 1.96. The van der Waals surface area contributed by atoms with Crippen molar-refractivity contribution >= 4 is 0 Å². The molecule has 1 N–H and O–H groups in total. The summed E-state index contributed by atoms with van der Waals surface area (Å²) in [6, 6.07) is 0. The molecule has 0 fully saturated rings. The van der Waals surface area contributed by atoms with E-state index < -0.39 is 0 Å². The zero-order valence-electron chi connectivity index (χ0n) is 5.46. The Hall–Kier alpha value is -0.560. The number of hydrogen-bond acceptors (Lipinski definition) is 1. The second kappa shape index (κ2) is 3.46. The maximum atomic E-state index is 9.09. The Balaban J connectivity index is 2.40. The monoisotopic (exact) mass is 124 g/mol. The first-order valence-electron chi connectivity index (χ1n) is 3.39. The summed E-state index contributed by atoms with van der Waals surface area (Å²) in [5.41, 5.74) is 0. The molecule has 1 atom stereocenters. The molecule has 0 saturated carbocycles. The van der Waals surface area contributed by atoms with Gasteiger partial charge in [0.1, 0.15) is 0 Å². The molecular formula is C8H12O. The predicted molar refractivity (Wildman–Crippen MR) is 38.1 cm³/mol. The van der Waals surface area contributed by atoms with E-state index in [0.29, 0.717) is 0 Å². The molecule has 0 aromatic heterocycles. The number of aliphatic hydroxyl groups excluding tert-OH is 1. The van der Waals surface area contributed by atoms with Crippen LogP contribution < -0.4 is 0 Å². The second-order valence-corrected chi connectivity index (χ2v) is 2.28. The molecule has 0 radical (unpaired) electrons. The van der Waals surface area contributed by atoms with Gasteiger partial charge in [-0.1, -0.05) is 24.3 Å². The summed E-state index contributed by atoms with van der Waals surface area (Å²) in [4.78, 5) is 0. The van der Waals surface area contributed by atoms with Crippen molar-refractivity contribution in [1.29, 1.82) is 0 Å². The van der Waals surface area contributed by atoms with E-state index in [1.807, 2.05) is 12.2 Å². The van der Waals surface area contributed by atoms with Gasteiger partial charge in [0.25, 0.3) is 0 Å². The molecule has 0 aromatic carbocycles. The van der Waals surface area contributed by atoms with Crippen LogP contribution in [0.5, 0.6) is 0 Å². The van der Waals surface area contributed by atoms with Gasteiger partial charge in [-0.2, -0.15) is 0 Å². The third-order valence-corrected chi connectivity index (χ3v) is 1.43.